The number of ether oxygens (including phenoxy) is 1. The molecule has 1 N–H and O–H groups in total. The number of amides is 3. The fraction of sp³-hybridized carbons (Fsp3) is 0.276. The molecule has 0 bridgehead atoms. The highest BCUT2D eigenvalue weighted by Crippen LogP contribution is 2.40. The van der Waals surface area contributed by atoms with E-state index in [9.17, 15) is 14.4 Å². The molecule has 2 aromatic heterocycles. The predicted molar refractivity (Wildman–Crippen MR) is 144 cm³/mol. The van der Waals surface area contributed by atoms with E-state index in [0.29, 0.717) is 34.8 Å². The van der Waals surface area contributed by atoms with Crippen LogP contribution in [0.2, 0.25) is 0 Å². The Morgan fingerprint density at radius 3 is 2.69 bits per heavy atom. The van der Waals surface area contributed by atoms with Crippen LogP contribution < -0.4 is 15.0 Å². The largest absolute Gasteiger partial charge is 0.495 e. The van der Waals surface area contributed by atoms with E-state index in [1.807, 2.05) is 34.2 Å². The van der Waals surface area contributed by atoms with Gasteiger partial charge in [0.1, 0.15) is 17.4 Å². The number of carbonyl (C=O) groups excluding carboxylic acids is 3. The Kier molecular flexibility index (Phi) is 5.36. The Hall–Kier alpha value is -4.73. The number of nitrogens with one attached hydrogen (secondary N) is 1. The summed E-state index contributed by atoms with van der Waals surface area (Å²) in [6.45, 7) is 1.56. The second-order valence-electron chi connectivity index (χ2n) is 10.1. The number of aromatic nitrogens is 2. The number of anilines is 1. The number of pyridine rings is 1. The molecule has 10 nitrogen and oxygen atoms in total. The molecule has 39 heavy (non-hydrogen) atoms. The summed E-state index contributed by atoms with van der Waals surface area (Å²) in [4.78, 5) is 53.1. The van der Waals surface area contributed by atoms with Crippen molar-refractivity contribution in [2.75, 3.05) is 25.1 Å². The Balaban J connectivity index is 1.35. The highest BCUT2D eigenvalue weighted by molar-refractivity contribution is 6.47. The lowest BCUT2D eigenvalue weighted by atomic mass is 9.94. The third-order valence-electron chi connectivity index (χ3n) is 7.90. The maximum absolute atomic E-state index is 13.6. The summed E-state index contributed by atoms with van der Waals surface area (Å²) in [7, 11) is 1.56. The zero-order chi connectivity index (χ0) is 26.7. The van der Waals surface area contributed by atoms with Gasteiger partial charge in [-0.15, -0.1) is 0 Å². The summed E-state index contributed by atoms with van der Waals surface area (Å²) >= 11 is 0. The van der Waals surface area contributed by atoms with Gasteiger partial charge in [-0.25, -0.2) is 4.98 Å². The maximum atomic E-state index is 13.6. The summed E-state index contributed by atoms with van der Waals surface area (Å²) in [6, 6.07) is 9.01. The van der Waals surface area contributed by atoms with Crippen LogP contribution in [0.1, 0.15) is 36.1 Å². The highest BCUT2D eigenvalue weighted by atomic mass is 16.5. The number of fused-ring (bicyclic) bond motifs is 1. The van der Waals surface area contributed by atoms with E-state index in [0.717, 1.165) is 43.6 Å². The van der Waals surface area contributed by atoms with Crippen LogP contribution >= 0.6 is 0 Å². The van der Waals surface area contributed by atoms with Crippen LogP contribution in [-0.4, -0.2) is 64.0 Å². The smallest absolute Gasteiger partial charge is 0.261 e. The van der Waals surface area contributed by atoms with Crippen LogP contribution in [-0.2, 0) is 20.8 Å². The lowest BCUT2D eigenvalue weighted by Gasteiger charge is -2.32. The monoisotopic (exact) mass is 522 g/mol. The number of benzene rings is 1. The normalized spacial score (nSPS) is 20.3. The molecular formula is C29H26N6O4. The second-order valence-corrected chi connectivity index (χ2v) is 10.1. The first-order chi connectivity index (χ1) is 19.0. The predicted octanol–water partition coefficient (Wildman–Crippen LogP) is 2.47. The number of piperidine rings is 1. The first-order valence-corrected chi connectivity index (χ1v) is 13.1. The van der Waals surface area contributed by atoms with E-state index < -0.39 is 11.8 Å². The van der Waals surface area contributed by atoms with E-state index in [2.05, 4.69) is 15.3 Å². The number of imide groups is 1. The zero-order valence-electron chi connectivity index (χ0n) is 21.4. The molecule has 4 aliphatic rings. The molecule has 1 aromatic carbocycles. The summed E-state index contributed by atoms with van der Waals surface area (Å²) in [5.41, 5.74) is 4.38. The molecule has 1 atom stereocenters. The van der Waals surface area contributed by atoms with Gasteiger partial charge in [0.25, 0.3) is 11.8 Å². The summed E-state index contributed by atoms with van der Waals surface area (Å²) in [5, 5.41) is 2.45. The lowest BCUT2D eigenvalue weighted by Crippen LogP contribution is -2.47. The van der Waals surface area contributed by atoms with Crippen molar-refractivity contribution in [1.82, 2.24) is 19.6 Å². The standard InChI is InChI=1S/C29H26N6O4/c1-39-18-8-9-22-31-15-21(35(22)16-18)23-24(28(37)32-27(23)36)25-19-7-5-6-17-14-20(34(26(17)19)13-10-30-25)29(38)33-11-3-2-4-12-33/h5-10,13,15-16,20H,2-4,11-12,14H2,1H3,(H,32,36,37). The van der Waals surface area contributed by atoms with Gasteiger partial charge in [0.2, 0.25) is 5.91 Å². The number of hydrogen-bond donors (Lipinski definition) is 1. The van der Waals surface area contributed by atoms with E-state index in [1.165, 1.54) is 0 Å². The van der Waals surface area contributed by atoms with Crippen LogP contribution in [0.5, 0.6) is 5.75 Å². The fourth-order valence-corrected chi connectivity index (χ4v) is 6.07. The number of aliphatic imine (C=N–C) groups is 1. The average Bonchev–Trinajstić information content (AvgIpc) is 3.58. The van der Waals surface area contributed by atoms with Crippen LogP contribution in [0.4, 0.5) is 5.69 Å². The van der Waals surface area contributed by atoms with E-state index in [-0.39, 0.29) is 23.1 Å². The van der Waals surface area contributed by atoms with Gasteiger partial charge in [0, 0.05) is 37.5 Å². The van der Waals surface area contributed by atoms with Crippen molar-refractivity contribution in [3.63, 3.8) is 0 Å². The molecule has 1 unspecified atom stereocenters. The SMILES string of the molecule is COc1ccc2ncc(C3=C(C4=NC=CN5c6c(cccc64)CC5C(=O)N4CCCCC4)C(=O)NC3=O)n2c1. The molecule has 0 spiro atoms. The number of carbonyl (C=O) groups is 3. The van der Waals surface area contributed by atoms with Crippen LogP contribution in [0.15, 0.2) is 65.7 Å². The average molecular weight is 523 g/mol. The molecule has 10 heteroatoms. The third-order valence-corrected chi connectivity index (χ3v) is 7.90. The topological polar surface area (TPSA) is 109 Å². The van der Waals surface area contributed by atoms with Gasteiger partial charge in [-0.1, -0.05) is 18.2 Å². The molecule has 196 valence electrons. The second kappa shape index (κ2) is 8.93. The Bertz CT molecular complexity index is 1660. The third kappa shape index (κ3) is 3.58. The van der Waals surface area contributed by atoms with Gasteiger partial charge in [-0.05, 0) is 37.0 Å². The molecule has 4 aliphatic heterocycles. The minimum Gasteiger partial charge on any atom is -0.495 e. The van der Waals surface area contributed by atoms with Crippen molar-refractivity contribution >= 4 is 40.3 Å². The number of imidazole rings is 1. The zero-order valence-corrected chi connectivity index (χ0v) is 21.4. The van der Waals surface area contributed by atoms with Crippen molar-refractivity contribution in [2.24, 2.45) is 4.99 Å². The lowest BCUT2D eigenvalue weighted by molar-refractivity contribution is -0.133. The Morgan fingerprint density at radius 1 is 1.05 bits per heavy atom. The van der Waals surface area contributed by atoms with Crippen molar-refractivity contribution in [1.29, 1.82) is 0 Å². The first-order valence-electron chi connectivity index (χ1n) is 13.1. The van der Waals surface area contributed by atoms with Gasteiger partial charge in [0.05, 0.1) is 47.7 Å². The molecule has 1 saturated heterocycles. The molecular weight excluding hydrogens is 496 g/mol. The Labute approximate surface area is 224 Å². The minimum absolute atomic E-state index is 0.110. The molecule has 0 radical (unpaired) electrons. The molecule has 3 aromatic rings. The molecule has 1 fully saturated rings. The van der Waals surface area contributed by atoms with Crippen LogP contribution in [0, 0.1) is 0 Å². The van der Waals surface area contributed by atoms with Crippen molar-refractivity contribution in [3.8, 4) is 5.75 Å². The summed E-state index contributed by atoms with van der Waals surface area (Å²) in [5.74, 6) is -0.342. The van der Waals surface area contributed by atoms with Crippen LogP contribution in [0.25, 0.3) is 11.2 Å². The maximum Gasteiger partial charge on any atom is 0.261 e. The van der Waals surface area contributed by atoms with Crippen molar-refractivity contribution in [3.05, 3.63) is 77.5 Å². The first kappa shape index (κ1) is 23.4. The van der Waals surface area contributed by atoms with Gasteiger partial charge in [-0.2, -0.15) is 0 Å². The number of rotatable bonds is 4. The van der Waals surface area contributed by atoms with Gasteiger partial charge < -0.3 is 14.5 Å². The van der Waals surface area contributed by atoms with Crippen molar-refractivity contribution < 1.29 is 19.1 Å². The van der Waals surface area contributed by atoms with Crippen LogP contribution in [0.3, 0.4) is 0 Å². The van der Waals surface area contributed by atoms with E-state index >= 15 is 0 Å². The minimum atomic E-state index is -0.523. The highest BCUT2D eigenvalue weighted by Gasteiger charge is 2.42. The van der Waals surface area contributed by atoms with E-state index in [1.54, 1.807) is 42.2 Å². The summed E-state index contributed by atoms with van der Waals surface area (Å²) in [6.07, 6.45) is 10.5. The number of likely N-dealkylation sites (tertiary alicyclic amines) is 1. The van der Waals surface area contributed by atoms with Crippen molar-refractivity contribution in [2.45, 2.75) is 31.7 Å². The number of hydrogen-bond acceptors (Lipinski definition) is 7. The summed E-state index contributed by atoms with van der Waals surface area (Å²) < 4.78 is 7.10. The molecule has 6 heterocycles. The number of para-hydroxylation sites is 1. The molecule has 0 saturated carbocycles. The quantitative estimate of drug-likeness (QED) is 0.528. The van der Waals surface area contributed by atoms with E-state index in [4.69, 9.17) is 4.74 Å². The molecule has 3 amide bonds. The van der Waals surface area contributed by atoms with Gasteiger partial charge >= 0.3 is 0 Å². The Morgan fingerprint density at radius 2 is 1.87 bits per heavy atom. The molecule has 7 rings (SSSR count). The van der Waals surface area contributed by atoms with Gasteiger partial charge in [0.15, 0.2) is 0 Å². The fourth-order valence-electron chi connectivity index (χ4n) is 6.07. The molecule has 0 aliphatic carbocycles. The number of nitrogens with zero attached hydrogens (tertiary/aromatic N) is 5. The van der Waals surface area contributed by atoms with Gasteiger partial charge in [-0.3, -0.25) is 29.1 Å². The number of methoxy groups -OCH3 is 1.